The highest BCUT2D eigenvalue weighted by Crippen LogP contribution is 2.26. The second-order valence-corrected chi connectivity index (χ2v) is 7.75. The topological polar surface area (TPSA) is 75.7 Å². The van der Waals surface area contributed by atoms with Crippen LogP contribution in [0.4, 0.5) is 0 Å². The van der Waals surface area contributed by atoms with Gasteiger partial charge >= 0.3 is 0 Å². The number of fused-ring (bicyclic) bond motifs is 1. The molecule has 1 aliphatic heterocycles. The number of aryl methyl sites for hydroxylation is 2. The average Bonchev–Trinajstić information content (AvgIpc) is 3.15. The van der Waals surface area contributed by atoms with Gasteiger partial charge in [0.25, 0.3) is 5.91 Å². The molecule has 1 amide bonds. The maximum atomic E-state index is 12.7. The minimum Gasteiger partial charge on any atom is -0.465 e. The fraction of sp³-hybridized carbons (Fsp3) is 0.391. The number of likely N-dealkylation sites (tertiary alicyclic amines) is 1. The van der Waals surface area contributed by atoms with Crippen molar-refractivity contribution in [1.82, 2.24) is 10.2 Å². The second-order valence-electron chi connectivity index (χ2n) is 7.75. The molecule has 0 spiro atoms. The number of rotatable bonds is 5. The summed E-state index contributed by atoms with van der Waals surface area (Å²) in [5.41, 5.74) is 1.18. The van der Waals surface area contributed by atoms with Gasteiger partial charge in [-0.05, 0) is 64.0 Å². The zero-order valence-corrected chi connectivity index (χ0v) is 18.1. The molecule has 0 radical (unpaired) electrons. The molecule has 1 N–H and O–H groups in total. The van der Waals surface area contributed by atoms with Gasteiger partial charge in [0, 0.05) is 12.6 Å². The Morgan fingerprint density at radius 2 is 1.83 bits per heavy atom. The van der Waals surface area contributed by atoms with E-state index in [9.17, 15) is 9.59 Å². The highest BCUT2D eigenvalue weighted by Gasteiger charge is 2.26. The zero-order chi connectivity index (χ0) is 20.4. The third-order valence-corrected chi connectivity index (χ3v) is 5.48. The molecule has 6 nitrogen and oxygen atoms in total. The number of nitrogens with zero attached hydrogens (tertiary/aromatic N) is 1. The predicted octanol–water partition coefficient (Wildman–Crippen LogP) is 4.38. The summed E-state index contributed by atoms with van der Waals surface area (Å²) in [6.07, 6.45) is 3.51. The second kappa shape index (κ2) is 9.49. The van der Waals surface area contributed by atoms with Crippen LogP contribution in [0.25, 0.3) is 11.0 Å². The highest BCUT2D eigenvalue weighted by molar-refractivity contribution is 5.93. The van der Waals surface area contributed by atoms with E-state index >= 15 is 0 Å². The van der Waals surface area contributed by atoms with E-state index < -0.39 is 5.91 Å². The SMILES string of the molecule is Cc1ccc2oc(C(=O)NCC(c3ccc(C)o3)N3CCCCC3)cc(=O)c2c1.Cl. The predicted molar refractivity (Wildman–Crippen MR) is 118 cm³/mol. The van der Waals surface area contributed by atoms with Gasteiger partial charge in [-0.15, -0.1) is 12.4 Å². The zero-order valence-electron chi connectivity index (χ0n) is 17.3. The minimum absolute atomic E-state index is 0. The van der Waals surface area contributed by atoms with E-state index in [4.69, 9.17) is 8.83 Å². The quantitative estimate of drug-likeness (QED) is 0.650. The molecule has 3 aromatic rings. The molecular formula is C23H27ClN2O4. The van der Waals surface area contributed by atoms with Crippen molar-refractivity contribution in [2.75, 3.05) is 19.6 Å². The monoisotopic (exact) mass is 430 g/mol. The van der Waals surface area contributed by atoms with E-state index in [1.165, 1.54) is 12.5 Å². The van der Waals surface area contributed by atoms with Crippen LogP contribution < -0.4 is 10.7 Å². The Morgan fingerprint density at radius 3 is 2.53 bits per heavy atom. The lowest BCUT2D eigenvalue weighted by Crippen LogP contribution is -2.40. The highest BCUT2D eigenvalue weighted by atomic mass is 35.5. The van der Waals surface area contributed by atoms with Gasteiger partial charge in [-0.25, -0.2) is 0 Å². The number of carbonyl (C=O) groups excluding carboxylic acids is 1. The summed E-state index contributed by atoms with van der Waals surface area (Å²) >= 11 is 0. The largest absolute Gasteiger partial charge is 0.465 e. The first-order valence-electron chi connectivity index (χ1n) is 10.1. The maximum Gasteiger partial charge on any atom is 0.287 e. The third kappa shape index (κ3) is 4.77. The summed E-state index contributed by atoms with van der Waals surface area (Å²) < 4.78 is 11.6. The van der Waals surface area contributed by atoms with Gasteiger partial charge in [0.05, 0.1) is 11.4 Å². The normalized spacial score (nSPS) is 15.5. The molecule has 1 unspecified atom stereocenters. The van der Waals surface area contributed by atoms with E-state index in [1.807, 2.05) is 32.0 Å². The van der Waals surface area contributed by atoms with E-state index in [0.29, 0.717) is 17.5 Å². The standard InChI is InChI=1S/C23H26N2O4.ClH/c1-15-6-8-20-17(12-15)19(26)13-22(29-20)23(27)24-14-18(21-9-7-16(2)28-21)25-10-4-3-5-11-25;/h6-9,12-13,18H,3-5,10-11,14H2,1-2H3,(H,24,27);1H. The molecule has 2 aromatic heterocycles. The van der Waals surface area contributed by atoms with Crippen LogP contribution in [0.3, 0.4) is 0 Å². The fourth-order valence-corrected chi connectivity index (χ4v) is 3.93. The summed E-state index contributed by atoms with van der Waals surface area (Å²) in [5, 5.41) is 3.42. The van der Waals surface area contributed by atoms with Crippen molar-refractivity contribution >= 4 is 29.3 Å². The number of furan rings is 1. The number of benzene rings is 1. The van der Waals surface area contributed by atoms with Crippen molar-refractivity contribution < 1.29 is 13.6 Å². The Balaban J connectivity index is 0.00000256. The Hall–Kier alpha value is -2.57. The van der Waals surface area contributed by atoms with Gasteiger partial charge in [-0.3, -0.25) is 14.5 Å². The van der Waals surface area contributed by atoms with Crippen molar-refractivity contribution in [3.63, 3.8) is 0 Å². The molecule has 160 valence electrons. The number of nitrogens with one attached hydrogen (secondary N) is 1. The molecule has 1 saturated heterocycles. The summed E-state index contributed by atoms with van der Waals surface area (Å²) in [7, 11) is 0. The van der Waals surface area contributed by atoms with Crippen LogP contribution in [0.15, 0.2) is 50.0 Å². The van der Waals surface area contributed by atoms with Crippen LogP contribution in [0.5, 0.6) is 0 Å². The molecule has 0 bridgehead atoms. The van der Waals surface area contributed by atoms with Crippen molar-refractivity contribution in [3.8, 4) is 0 Å². The Labute approximate surface area is 181 Å². The van der Waals surface area contributed by atoms with Gasteiger partial charge < -0.3 is 14.2 Å². The van der Waals surface area contributed by atoms with E-state index in [-0.39, 0.29) is 29.6 Å². The van der Waals surface area contributed by atoms with Crippen molar-refractivity contribution in [2.24, 2.45) is 0 Å². The number of carbonyl (C=O) groups is 1. The van der Waals surface area contributed by atoms with Crippen LogP contribution >= 0.6 is 12.4 Å². The van der Waals surface area contributed by atoms with Gasteiger partial charge in [0.2, 0.25) is 0 Å². The van der Waals surface area contributed by atoms with Crippen LogP contribution in [-0.4, -0.2) is 30.4 Å². The fourth-order valence-electron chi connectivity index (χ4n) is 3.93. The molecule has 4 rings (SSSR count). The summed E-state index contributed by atoms with van der Waals surface area (Å²) in [6, 6.07) is 10.5. The number of halogens is 1. The maximum absolute atomic E-state index is 12.7. The van der Waals surface area contributed by atoms with Crippen molar-refractivity contribution in [1.29, 1.82) is 0 Å². The first-order valence-corrected chi connectivity index (χ1v) is 10.1. The van der Waals surface area contributed by atoms with Gasteiger partial charge in [0.1, 0.15) is 17.1 Å². The Kier molecular flexibility index (Phi) is 7.00. The van der Waals surface area contributed by atoms with Gasteiger partial charge in [0.15, 0.2) is 11.2 Å². The third-order valence-electron chi connectivity index (χ3n) is 5.48. The molecule has 1 aromatic carbocycles. The van der Waals surface area contributed by atoms with Crippen LogP contribution in [0.2, 0.25) is 0 Å². The lowest BCUT2D eigenvalue weighted by Gasteiger charge is -2.33. The molecule has 3 heterocycles. The van der Waals surface area contributed by atoms with Crippen LogP contribution in [-0.2, 0) is 0 Å². The van der Waals surface area contributed by atoms with E-state index in [2.05, 4.69) is 10.2 Å². The van der Waals surface area contributed by atoms with Crippen LogP contribution in [0.1, 0.15) is 52.9 Å². The number of amides is 1. The first kappa shape index (κ1) is 22.1. The molecule has 0 aliphatic carbocycles. The molecule has 7 heteroatoms. The first-order chi connectivity index (χ1) is 14.0. The summed E-state index contributed by atoms with van der Waals surface area (Å²) in [5.74, 6) is 1.33. The Bertz CT molecular complexity index is 1080. The lowest BCUT2D eigenvalue weighted by molar-refractivity contribution is 0.0887. The summed E-state index contributed by atoms with van der Waals surface area (Å²) in [6.45, 7) is 6.17. The summed E-state index contributed by atoms with van der Waals surface area (Å²) in [4.78, 5) is 27.5. The van der Waals surface area contributed by atoms with E-state index in [0.717, 1.165) is 43.0 Å². The minimum atomic E-state index is -0.394. The van der Waals surface area contributed by atoms with Crippen molar-refractivity contribution in [2.45, 2.75) is 39.2 Å². The number of hydrogen-bond acceptors (Lipinski definition) is 5. The molecule has 0 saturated carbocycles. The lowest BCUT2D eigenvalue weighted by atomic mass is 10.1. The Morgan fingerprint density at radius 1 is 1.07 bits per heavy atom. The van der Waals surface area contributed by atoms with Crippen molar-refractivity contribution in [3.05, 3.63) is 69.5 Å². The molecule has 1 aliphatic rings. The number of piperidine rings is 1. The molecule has 1 fully saturated rings. The molecule has 1 atom stereocenters. The molecule has 30 heavy (non-hydrogen) atoms. The smallest absolute Gasteiger partial charge is 0.287 e. The van der Waals surface area contributed by atoms with Crippen LogP contribution in [0, 0.1) is 13.8 Å². The van der Waals surface area contributed by atoms with Gasteiger partial charge in [-0.1, -0.05) is 18.1 Å². The number of hydrogen-bond donors (Lipinski definition) is 1. The van der Waals surface area contributed by atoms with E-state index in [1.54, 1.807) is 12.1 Å². The van der Waals surface area contributed by atoms with Gasteiger partial charge in [-0.2, -0.15) is 0 Å². The average molecular weight is 431 g/mol. The molecular weight excluding hydrogens is 404 g/mol.